The molecule has 2 amide bonds. The van der Waals surface area contributed by atoms with E-state index in [0.717, 1.165) is 16.6 Å². The van der Waals surface area contributed by atoms with Gasteiger partial charge in [-0.1, -0.05) is 43.3 Å². The third-order valence-electron chi connectivity index (χ3n) is 5.61. The molecular formula is C26H23N3O5. The van der Waals surface area contributed by atoms with Crippen molar-refractivity contribution in [1.82, 2.24) is 4.57 Å². The number of amides is 2. The normalized spacial score (nSPS) is 10.8. The molecule has 1 aromatic heterocycles. The molecule has 0 atom stereocenters. The third kappa shape index (κ3) is 3.97. The third-order valence-corrected chi connectivity index (χ3v) is 5.61. The highest BCUT2D eigenvalue weighted by molar-refractivity contribution is 6.19. The summed E-state index contributed by atoms with van der Waals surface area (Å²) in [5, 5.41) is 13.7. The van der Waals surface area contributed by atoms with E-state index in [-0.39, 0.29) is 22.2 Å². The summed E-state index contributed by atoms with van der Waals surface area (Å²) in [4.78, 5) is 38.3. The number of methoxy groups -OCH3 is 1. The summed E-state index contributed by atoms with van der Waals surface area (Å²) >= 11 is 0. The van der Waals surface area contributed by atoms with Crippen molar-refractivity contribution in [2.75, 3.05) is 12.4 Å². The highest BCUT2D eigenvalue weighted by atomic mass is 16.5. The first kappa shape index (κ1) is 22.6. The molecule has 4 N–H and O–H groups in total. The predicted molar refractivity (Wildman–Crippen MR) is 129 cm³/mol. The molecule has 0 fully saturated rings. The Bertz CT molecular complexity index is 1420. The van der Waals surface area contributed by atoms with Crippen molar-refractivity contribution in [1.29, 1.82) is 0 Å². The number of anilines is 1. The summed E-state index contributed by atoms with van der Waals surface area (Å²) in [6.07, 6.45) is 0.787. The van der Waals surface area contributed by atoms with Crippen LogP contribution in [0.2, 0.25) is 0 Å². The summed E-state index contributed by atoms with van der Waals surface area (Å²) in [6.45, 7) is 2.00. The lowest BCUT2D eigenvalue weighted by Gasteiger charge is -2.11. The SMILES string of the molecule is CCc1ccc(NC(=O)c2c(O)n(C(N)=O)c3ccc(C(=O)c4ccccc4)cc23)c(OC)c1. The van der Waals surface area contributed by atoms with Crippen LogP contribution in [0, 0.1) is 0 Å². The average Bonchev–Trinajstić information content (AvgIpc) is 3.15. The van der Waals surface area contributed by atoms with Crippen molar-refractivity contribution in [3.05, 3.63) is 89.0 Å². The minimum absolute atomic E-state index is 0.182. The van der Waals surface area contributed by atoms with Crippen LogP contribution >= 0.6 is 0 Å². The van der Waals surface area contributed by atoms with Crippen LogP contribution in [0.3, 0.4) is 0 Å². The Kier molecular flexibility index (Phi) is 6.05. The van der Waals surface area contributed by atoms with Crippen LogP contribution in [0.5, 0.6) is 11.6 Å². The number of carbonyl (C=O) groups is 3. The summed E-state index contributed by atoms with van der Waals surface area (Å²) in [6, 6.07) is 17.5. The molecule has 8 heteroatoms. The molecule has 1 heterocycles. The van der Waals surface area contributed by atoms with E-state index in [1.54, 1.807) is 42.5 Å². The number of hydrogen-bond donors (Lipinski definition) is 3. The second-order valence-electron chi connectivity index (χ2n) is 7.64. The lowest BCUT2D eigenvalue weighted by molar-refractivity contribution is 0.102. The lowest BCUT2D eigenvalue weighted by atomic mass is 10.0. The molecule has 172 valence electrons. The lowest BCUT2D eigenvalue weighted by Crippen LogP contribution is -2.19. The Morgan fingerprint density at radius 2 is 1.74 bits per heavy atom. The molecule has 4 aromatic rings. The number of ketones is 1. The van der Waals surface area contributed by atoms with Crippen molar-refractivity contribution in [3.63, 3.8) is 0 Å². The quantitative estimate of drug-likeness (QED) is 0.372. The number of fused-ring (bicyclic) bond motifs is 1. The molecule has 0 aliphatic carbocycles. The van der Waals surface area contributed by atoms with Gasteiger partial charge in [-0.05, 0) is 42.3 Å². The van der Waals surface area contributed by atoms with Crippen LogP contribution in [-0.4, -0.2) is 34.5 Å². The maximum absolute atomic E-state index is 13.3. The van der Waals surface area contributed by atoms with Gasteiger partial charge >= 0.3 is 6.03 Å². The number of ether oxygens (including phenoxy) is 1. The van der Waals surface area contributed by atoms with Crippen molar-refractivity contribution >= 4 is 34.3 Å². The second-order valence-corrected chi connectivity index (χ2v) is 7.64. The number of rotatable bonds is 6. The first-order valence-electron chi connectivity index (χ1n) is 10.6. The first-order valence-corrected chi connectivity index (χ1v) is 10.6. The van der Waals surface area contributed by atoms with E-state index in [2.05, 4.69) is 5.32 Å². The Morgan fingerprint density at radius 1 is 1.00 bits per heavy atom. The maximum Gasteiger partial charge on any atom is 0.326 e. The van der Waals surface area contributed by atoms with Crippen molar-refractivity contribution in [2.45, 2.75) is 13.3 Å². The predicted octanol–water partition coefficient (Wildman–Crippen LogP) is 4.33. The van der Waals surface area contributed by atoms with Crippen LogP contribution in [0.15, 0.2) is 66.7 Å². The molecular weight excluding hydrogens is 434 g/mol. The Morgan fingerprint density at radius 3 is 2.38 bits per heavy atom. The fourth-order valence-electron chi connectivity index (χ4n) is 3.87. The number of primary amides is 1. The van der Waals surface area contributed by atoms with Gasteiger partial charge in [0.2, 0.25) is 5.88 Å². The van der Waals surface area contributed by atoms with Crippen LogP contribution < -0.4 is 15.8 Å². The first-order chi connectivity index (χ1) is 16.3. The van der Waals surface area contributed by atoms with Gasteiger partial charge in [0.25, 0.3) is 5.91 Å². The molecule has 8 nitrogen and oxygen atoms in total. The van der Waals surface area contributed by atoms with E-state index in [4.69, 9.17) is 10.5 Å². The molecule has 0 spiro atoms. The van der Waals surface area contributed by atoms with E-state index in [1.807, 2.05) is 13.0 Å². The summed E-state index contributed by atoms with van der Waals surface area (Å²) in [5.41, 5.74) is 7.64. The van der Waals surface area contributed by atoms with Crippen molar-refractivity contribution in [3.8, 4) is 11.6 Å². The Hall–Kier alpha value is -4.59. The van der Waals surface area contributed by atoms with Gasteiger partial charge in [0.15, 0.2) is 5.78 Å². The molecule has 0 saturated carbocycles. The number of nitrogens with zero attached hydrogens (tertiary/aromatic N) is 1. The number of aromatic nitrogens is 1. The molecule has 0 radical (unpaired) electrons. The zero-order valence-electron chi connectivity index (χ0n) is 18.7. The standard InChI is InChI=1S/C26H23N3O5/c1-3-15-9-11-19(21(13-15)34-2)28-24(31)22-18-14-17(23(30)16-7-5-4-6-8-16)10-12-20(18)29(25(22)32)26(27)33/h4-14,32H,3H2,1-2H3,(H2,27,33)(H,28,31). The smallest absolute Gasteiger partial charge is 0.326 e. The zero-order valence-corrected chi connectivity index (χ0v) is 18.7. The zero-order chi connectivity index (χ0) is 24.4. The fourth-order valence-corrected chi connectivity index (χ4v) is 3.87. The van der Waals surface area contributed by atoms with E-state index in [9.17, 15) is 19.5 Å². The second kappa shape index (κ2) is 9.11. The van der Waals surface area contributed by atoms with Gasteiger partial charge in [-0.25, -0.2) is 9.36 Å². The molecule has 3 aromatic carbocycles. The highest BCUT2D eigenvalue weighted by Gasteiger charge is 2.26. The molecule has 0 unspecified atom stereocenters. The number of carbonyl (C=O) groups excluding carboxylic acids is 3. The van der Waals surface area contributed by atoms with Gasteiger partial charge in [0.05, 0.1) is 18.3 Å². The molecule has 4 rings (SSSR count). The molecule has 0 aliphatic heterocycles. The van der Waals surface area contributed by atoms with Crippen molar-refractivity contribution in [2.24, 2.45) is 5.73 Å². The van der Waals surface area contributed by atoms with Crippen LogP contribution in [0.1, 0.15) is 38.8 Å². The average molecular weight is 457 g/mol. The van der Waals surface area contributed by atoms with Crippen LogP contribution in [-0.2, 0) is 6.42 Å². The van der Waals surface area contributed by atoms with Gasteiger partial charge in [-0.3, -0.25) is 9.59 Å². The minimum atomic E-state index is -0.964. The number of nitrogens with two attached hydrogens (primary N) is 1. The van der Waals surface area contributed by atoms with Gasteiger partial charge in [0.1, 0.15) is 11.3 Å². The summed E-state index contributed by atoms with van der Waals surface area (Å²) in [5.74, 6) is -1.12. The number of hydrogen-bond acceptors (Lipinski definition) is 5. The van der Waals surface area contributed by atoms with Gasteiger partial charge in [-0.2, -0.15) is 0 Å². The highest BCUT2D eigenvalue weighted by Crippen LogP contribution is 2.34. The molecule has 34 heavy (non-hydrogen) atoms. The number of aromatic hydroxyl groups is 1. The summed E-state index contributed by atoms with van der Waals surface area (Å²) in [7, 11) is 1.49. The van der Waals surface area contributed by atoms with Gasteiger partial charge < -0.3 is 20.9 Å². The van der Waals surface area contributed by atoms with E-state index in [0.29, 0.717) is 22.6 Å². The number of aryl methyl sites for hydroxylation is 1. The molecule has 0 saturated heterocycles. The Labute approximate surface area is 195 Å². The monoisotopic (exact) mass is 457 g/mol. The van der Waals surface area contributed by atoms with Crippen LogP contribution in [0.25, 0.3) is 10.9 Å². The van der Waals surface area contributed by atoms with Gasteiger partial charge in [-0.15, -0.1) is 0 Å². The topological polar surface area (TPSA) is 124 Å². The van der Waals surface area contributed by atoms with Crippen molar-refractivity contribution < 1.29 is 24.2 Å². The van der Waals surface area contributed by atoms with E-state index >= 15 is 0 Å². The maximum atomic E-state index is 13.3. The molecule has 0 bridgehead atoms. The van der Waals surface area contributed by atoms with E-state index < -0.39 is 17.8 Å². The minimum Gasteiger partial charge on any atom is -0.495 e. The number of benzene rings is 3. The number of nitrogens with one attached hydrogen (secondary N) is 1. The largest absolute Gasteiger partial charge is 0.495 e. The van der Waals surface area contributed by atoms with Crippen LogP contribution in [0.4, 0.5) is 10.5 Å². The van der Waals surface area contributed by atoms with Gasteiger partial charge in [0, 0.05) is 16.5 Å². The fraction of sp³-hybridized carbons (Fsp3) is 0.115. The van der Waals surface area contributed by atoms with E-state index in [1.165, 1.54) is 25.3 Å². The summed E-state index contributed by atoms with van der Waals surface area (Å²) < 4.78 is 6.22. The Balaban J connectivity index is 1.82. The molecule has 0 aliphatic rings.